The maximum absolute atomic E-state index is 11.9. The van der Waals surface area contributed by atoms with Gasteiger partial charge in [0.05, 0.1) is 6.61 Å². The van der Waals surface area contributed by atoms with Crippen LogP contribution in [-0.4, -0.2) is 12.6 Å². The van der Waals surface area contributed by atoms with E-state index in [1.54, 1.807) is 6.92 Å². The molecule has 6 aromatic rings. The summed E-state index contributed by atoms with van der Waals surface area (Å²) in [5.41, 5.74) is 10.5. The first-order chi connectivity index (χ1) is 23.1. The van der Waals surface area contributed by atoms with E-state index in [0.717, 1.165) is 58.1 Å². The third-order valence-electron chi connectivity index (χ3n) is 8.03. The van der Waals surface area contributed by atoms with Crippen LogP contribution in [0.25, 0.3) is 11.1 Å². The molecule has 0 aliphatic rings. The van der Waals surface area contributed by atoms with Gasteiger partial charge in [-0.05, 0) is 103 Å². The third kappa shape index (κ3) is 7.51. The first-order valence-corrected chi connectivity index (χ1v) is 15.9. The van der Waals surface area contributed by atoms with Gasteiger partial charge in [0.2, 0.25) is 0 Å². The fraction of sp³-hybridized carbons (Fsp3) is 0.0930. The number of nitrogens with zero attached hydrogens (tertiary/aromatic N) is 2. The Bertz CT molecular complexity index is 1860. The molecule has 0 saturated carbocycles. The molecule has 0 heterocycles. The Morgan fingerprint density at radius 2 is 0.936 bits per heavy atom. The number of esters is 1. The minimum absolute atomic E-state index is 0.344. The Morgan fingerprint density at radius 3 is 1.43 bits per heavy atom. The summed E-state index contributed by atoms with van der Waals surface area (Å²) in [4.78, 5) is 16.4. The number of ether oxygens (including phenoxy) is 1. The van der Waals surface area contributed by atoms with E-state index < -0.39 is 0 Å². The maximum Gasteiger partial charge on any atom is 0.333 e. The van der Waals surface area contributed by atoms with Crippen molar-refractivity contribution in [2.24, 2.45) is 0 Å². The van der Waals surface area contributed by atoms with Crippen molar-refractivity contribution < 1.29 is 9.53 Å². The molecule has 0 bridgehead atoms. The van der Waals surface area contributed by atoms with Crippen LogP contribution >= 0.6 is 0 Å². The third-order valence-corrected chi connectivity index (χ3v) is 8.03. The molecule has 0 spiro atoms. The van der Waals surface area contributed by atoms with Crippen molar-refractivity contribution in [3.05, 3.63) is 182 Å². The summed E-state index contributed by atoms with van der Waals surface area (Å²) < 4.78 is 5.36. The Labute approximate surface area is 277 Å². The van der Waals surface area contributed by atoms with Crippen LogP contribution in [0.1, 0.15) is 18.9 Å². The highest BCUT2D eigenvalue weighted by atomic mass is 16.5. The van der Waals surface area contributed by atoms with Gasteiger partial charge in [0.15, 0.2) is 0 Å². The summed E-state index contributed by atoms with van der Waals surface area (Å²) in [7, 11) is 0. The lowest BCUT2D eigenvalue weighted by molar-refractivity contribution is -0.139. The normalized spacial score (nSPS) is 10.7. The average molecular weight is 615 g/mol. The van der Waals surface area contributed by atoms with Crippen LogP contribution < -0.4 is 9.80 Å². The zero-order chi connectivity index (χ0) is 32.4. The first-order valence-electron chi connectivity index (χ1n) is 15.9. The Hall–Kier alpha value is -5.87. The highest BCUT2D eigenvalue weighted by molar-refractivity contribution is 5.87. The van der Waals surface area contributed by atoms with Crippen molar-refractivity contribution in [1.29, 1.82) is 0 Å². The van der Waals surface area contributed by atoms with Crippen molar-refractivity contribution >= 4 is 40.1 Å². The predicted octanol–water partition coefficient (Wildman–Crippen LogP) is 11.3. The molecule has 232 valence electrons. The van der Waals surface area contributed by atoms with Gasteiger partial charge in [0.1, 0.15) is 0 Å². The Balaban J connectivity index is 1.26. The Morgan fingerprint density at radius 1 is 0.532 bits per heavy atom. The lowest BCUT2D eigenvalue weighted by Gasteiger charge is -2.28. The Kier molecular flexibility index (Phi) is 9.89. The van der Waals surface area contributed by atoms with Crippen molar-refractivity contribution in [1.82, 2.24) is 0 Å². The van der Waals surface area contributed by atoms with Crippen LogP contribution in [0.15, 0.2) is 176 Å². The summed E-state index contributed by atoms with van der Waals surface area (Å²) >= 11 is 0. The van der Waals surface area contributed by atoms with Crippen LogP contribution in [0.4, 0.5) is 34.1 Å². The molecule has 0 aromatic heterocycles. The summed E-state index contributed by atoms with van der Waals surface area (Å²) in [6.07, 6.45) is 1.50. The minimum Gasteiger partial charge on any atom is -0.462 e. The second kappa shape index (κ2) is 14.9. The van der Waals surface area contributed by atoms with Gasteiger partial charge in [-0.25, -0.2) is 4.79 Å². The number of anilines is 6. The fourth-order valence-corrected chi connectivity index (χ4v) is 5.70. The number of hydrogen-bond donors (Lipinski definition) is 0. The van der Waals surface area contributed by atoms with Crippen molar-refractivity contribution in [3.63, 3.8) is 0 Å². The van der Waals surface area contributed by atoms with Crippen molar-refractivity contribution in [2.75, 3.05) is 16.4 Å². The van der Waals surface area contributed by atoms with E-state index >= 15 is 0 Å². The minimum atomic E-state index is -0.344. The maximum atomic E-state index is 11.9. The highest BCUT2D eigenvalue weighted by Crippen LogP contribution is 2.39. The van der Waals surface area contributed by atoms with Crippen LogP contribution in [0.5, 0.6) is 0 Å². The fourth-order valence-electron chi connectivity index (χ4n) is 5.70. The number of carbonyl (C=O) groups excluding carboxylic acids is 1. The van der Waals surface area contributed by atoms with Gasteiger partial charge in [0, 0.05) is 39.7 Å². The first kappa shape index (κ1) is 31.1. The van der Waals surface area contributed by atoms with E-state index in [1.165, 1.54) is 5.56 Å². The molecule has 0 aliphatic carbocycles. The second-order valence-corrected chi connectivity index (χ2v) is 11.4. The molecule has 0 atom stereocenters. The molecule has 0 amide bonds. The van der Waals surface area contributed by atoms with Gasteiger partial charge in [0.25, 0.3) is 0 Å². The summed E-state index contributed by atoms with van der Waals surface area (Å²) in [5, 5.41) is 0. The molecule has 6 rings (SSSR count). The van der Waals surface area contributed by atoms with E-state index in [9.17, 15) is 4.79 Å². The smallest absolute Gasteiger partial charge is 0.333 e. The monoisotopic (exact) mass is 614 g/mol. The molecule has 0 N–H and O–H groups in total. The molecule has 4 nitrogen and oxygen atoms in total. The zero-order valence-electron chi connectivity index (χ0n) is 26.6. The van der Waals surface area contributed by atoms with E-state index in [1.807, 2.05) is 18.2 Å². The van der Waals surface area contributed by atoms with Gasteiger partial charge < -0.3 is 14.5 Å². The van der Waals surface area contributed by atoms with Gasteiger partial charge in [-0.3, -0.25) is 0 Å². The molecule has 0 aliphatic heterocycles. The van der Waals surface area contributed by atoms with Crippen LogP contribution in [-0.2, 0) is 16.0 Å². The van der Waals surface area contributed by atoms with E-state index in [4.69, 9.17) is 4.74 Å². The van der Waals surface area contributed by atoms with Crippen LogP contribution in [0.2, 0.25) is 0 Å². The van der Waals surface area contributed by atoms with Crippen LogP contribution in [0.3, 0.4) is 0 Å². The number of hydrogen-bond acceptors (Lipinski definition) is 4. The molecule has 4 heteroatoms. The quantitative estimate of drug-likeness (QED) is 0.0780. The average Bonchev–Trinajstić information content (AvgIpc) is 3.13. The molecule has 47 heavy (non-hydrogen) atoms. The molecule has 6 aromatic carbocycles. The molecular weight excluding hydrogens is 576 g/mol. The molecule has 0 unspecified atom stereocenters. The number of aryl methyl sites for hydroxylation is 1. The standard InChI is InChI=1S/C43H38N2O2/c1-33(2)43(46)47-32-14-16-36-15-12-13-23-42(36)45(39-21-10-5-11-22-39)41-30-26-35(27-31-41)34-24-28-40(29-25-34)44(37-17-6-3-7-18-37)38-19-8-4-9-20-38/h3-13,15,17-31H,1,14,16,32H2,2H3. The van der Waals surface area contributed by atoms with E-state index in [2.05, 4.69) is 162 Å². The predicted molar refractivity (Wildman–Crippen MR) is 195 cm³/mol. The zero-order valence-corrected chi connectivity index (χ0v) is 26.6. The van der Waals surface area contributed by atoms with E-state index in [0.29, 0.717) is 12.2 Å². The van der Waals surface area contributed by atoms with Gasteiger partial charge in [-0.1, -0.05) is 104 Å². The number of carbonyl (C=O) groups is 1. The van der Waals surface area contributed by atoms with E-state index in [-0.39, 0.29) is 5.97 Å². The number of para-hydroxylation sites is 4. The molecule has 0 saturated heterocycles. The summed E-state index contributed by atoms with van der Waals surface area (Å²) in [5.74, 6) is -0.344. The lowest BCUT2D eigenvalue weighted by atomic mass is 10.0. The largest absolute Gasteiger partial charge is 0.462 e. The van der Waals surface area contributed by atoms with Crippen LogP contribution in [0, 0.1) is 0 Å². The molecular formula is C43H38N2O2. The second-order valence-electron chi connectivity index (χ2n) is 11.4. The number of rotatable bonds is 12. The van der Waals surface area contributed by atoms with Gasteiger partial charge in [-0.2, -0.15) is 0 Å². The highest BCUT2D eigenvalue weighted by Gasteiger charge is 2.17. The van der Waals surface area contributed by atoms with Crippen molar-refractivity contribution in [3.8, 4) is 11.1 Å². The summed E-state index contributed by atoms with van der Waals surface area (Å²) in [6.45, 7) is 5.69. The van der Waals surface area contributed by atoms with Gasteiger partial charge >= 0.3 is 5.97 Å². The molecule has 0 fully saturated rings. The molecule has 0 radical (unpaired) electrons. The number of benzene rings is 6. The topological polar surface area (TPSA) is 32.8 Å². The van der Waals surface area contributed by atoms with Crippen molar-refractivity contribution in [2.45, 2.75) is 19.8 Å². The SMILES string of the molecule is C=C(C)C(=O)OCCCc1ccccc1N(c1ccccc1)c1ccc(-c2ccc(N(c3ccccc3)c3ccccc3)cc2)cc1. The van der Waals surface area contributed by atoms with Gasteiger partial charge in [-0.15, -0.1) is 0 Å². The summed E-state index contributed by atoms with van der Waals surface area (Å²) in [6, 6.07) is 57.2. The lowest BCUT2D eigenvalue weighted by Crippen LogP contribution is -2.13.